The van der Waals surface area contributed by atoms with E-state index in [1.807, 2.05) is 58.9 Å². The van der Waals surface area contributed by atoms with Crippen molar-refractivity contribution in [1.29, 1.82) is 0 Å². The summed E-state index contributed by atoms with van der Waals surface area (Å²) in [5.74, 6) is -0.523. The highest BCUT2D eigenvalue weighted by Gasteiger charge is 2.35. The lowest BCUT2D eigenvalue weighted by atomic mass is 9.84. The van der Waals surface area contributed by atoms with E-state index < -0.39 is 46.8 Å². The van der Waals surface area contributed by atoms with Gasteiger partial charge in [0.05, 0.1) is 31.4 Å². The molecule has 2 amide bonds. The van der Waals surface area contributed by atoms with E-state index in [4.69, 9.17) is 9.15 Å². The van der Waals surface area contributed by atoms with Crippen LogP contribution < -0.4 is 20.9 Å². The van der Waals surface area contributed by atoms with E-state index in [9.17, 15) is 19.2 Å². The van der Waals surface area contributed by atoms with Gasteiger partial charge in [0.2, 0.25) is 17.6 Å². The number of hydrogen-bond donors (Lipinski definition) is 2. The lowest BCUT2D eigenvalue weighted by Gasteiger charge is -2.25. The molecule has 0 radical (unpaired) electrons. The van der Waals surface area contributed by atoms with Gasteiger partial charge in [0.1, 0.15) is 23.8 Å². The minimum absolute atomic E-state index is 0.109. The van der Waals surface area contributed by atoms with Crippen molar-refractivity contribution in [1.82, 2.24) is 25.1 Å². The maximum absolute atomic E-state index is 13.5. The number of rotatable bonds is 10. The fourth-order valence-corrected chi connectivity index (χ4v) is 4.41. The molecule has 3 rings (SSSR count). The van der Waals surface area contributed by atoms with Gasteiger partial charge in [-0.3, -0.25) is 24.3 Å². The lowest BCUT2D eigenvalue weighted by Crippen LogP contribution is -2.47. The summed E-state index contributed by atoms with van der Waals surface area (Å²) in [6.07, 6.45) is -0.846. The first-order chi connectivity index (χ1) is 20.0. The predicted octanol–water partition coefficient (Wildman–Crippen LogP) is 3.77. The van der Waals surface area contributed by atoms with Gasteiger partial charge >= 0.3 is 6.09 Å². The van der Waals surface area contributed by atoms with Crippen molar-refractivity contribution in [3.05, 3.63) is 63.5 Å². The third kappa shape index (κ3) is 7.27. The third-order valence-electron chi connectivity index (χ3n) is 6.98. The number of anilines is 1. The van der Waals surface area contributed by atoms with Gasteiger partial charge in [-0.25, -0.2) is 9.78 Å². The molecule has 0 fully saturated rings. The van der Waals surface area contributed by atoms with Gasteiger partial charge in [-0.15, -0.1) is 10.2 Å². The quantitative estimate of drug-likeness (QED) is 0.329. The predicted molar refractivity (Wildman–Crippen MR) is 158 cm³/mol. The first-order valence-corrected chi connectivity index (χ1v) is 13.8. The maximum Gasteiger partial charge on any atom is 0.411 e. The Bertz CT molecular complexity index is 1550. The van der Waals surface area contributed by atoms with Crippen LogP contribution in [0.15, 0.2) is 33.5 Å². The van der Waals surface area contributed by atoms with E-state index in [1.165, 1.54) is 11.7 Å². The van der Waals surface area contributed by atoms with Gasteiger partial charge < -0.3 is 19.2 Å². The number of benzene rings is 1. The molecule has 2 heterocycles. The first kappa shape index (κ1) is 33.0. The minimum Gasteiger partial charge on any atom is -0.497 e. The minimum atomic E-state index is -1.02. The van der Waals surface area contributed by atoms with Crippen LogP contribution in [0.5, 0.6) is 5.75 Å². The molecule has 0 unspecified atom stereocenters. The highest BCUT2D eigenvalue weighted by atomic mass is 16.5. The summed E-state index contributed by atoms with van der Waals surface area (Å²) < 4.78 is 16.9. The topological polar surface area (TPSA) is 168 Å². The van der Waals surface area contributed by atoms with E-state index in [-0.39, 0.29) is 29.1 Å². The second-order valence-electron chi connectivity index (χ2n) is 12.1. The van der Waals surface area contributed by atoms with Crippen LogP contribution in [0.1, 0.15) is 82.1 Å². The maximum atomic E-state index is 13.5. The molecule has 2 aromatic heterocycles. The van der Waals surface area contributed by atoms with E-state index in [2.05, 4.69) is 30.6 Å². The van der Waals surface area contributed by atoms with Crippen molar-refractivity contribution in [2.45, 2.75) is 78.8 Å². The number of nitrogens with one attached hydrogen (secondary N) is 2. The SMILES string of the molecule is COC(=O)Nc1c(C)nc(C(C)(C)C)n(CC(=O)N[C@@H](C(=O)c2nnc(C(C)(C)c3ccc(OC)cc3)o2)C(C)C)c1=O. The monoisotopic (exact) mass is 596 g/mol. The zero-order chi connectivity index (χ0) is 32.3. The summed E-state index contributed by atoms with van der Waals surface area (Å²) in [5, 5.41) is 13.2. The molecule has 0 saturated carbocycles. The largest absolute Gasteiger partial charge is 0.497 e. The van der Waals surface area contributed by atoms with Crippen molar-refractivity contribution in [2.75, 3.05) is 19.5 Å². The molecule has 1 atom stereocenters. The van der Waals surface area contributed by atoms with E-state index in [1.54, 1.807) is 27.9 Å². The van der Waals surface area contributed by atoms with Gasteiger partial charge in [0, 0.05) is 5.41 Å². The normalized spacial score (nSPS) is 12.5. The summed E-state index contributed by atoms with van der Waals surface area (Å²) in [6, 6.07) is 6.37. The molecule has 2 N–H and O–H groups in total. The van der Waals surface area contributed by atoms with Crippen LogP contribution in [0.25, 0.3) is 0 Å². The second-order valence-corrected chi connectivity index (χ2v) is 12.1. The Labute approximate surface area is 250 Å². The summed E-state index contributed by atoms with van der Waals surface area (Å²) in [7, 11) is 2.75. The summed E-state index contributed by atoms with van der Waals surface area (Å²) in [4.78, 5) is 56.6. The number of ether oxygens (including phenoxy) is 2. The number of hydrogen-bond acceptors (Lipinski definition) is 10. The number of aromatic nitrogens is 4. The van der Waals surface area contributed by atoms with Crippen molar-refractivity contribution < 1.29 is 28.3 Å². The van der Waals surface area contributed by atoms with Crippen LogP contribution in [0, 0.1) is 12.8 Å². The van der Waals surface area contributed by atoms with Gasteiger partial charge in [-0.2, -0.15) is 0 Å². The Morgan fingerprint density at radius 1 is 1.02 bits per heavy atom. The van der Waals surface area contributed by atoms with E-state index >= 15 is 0 Å². The van der Waals surface area contributed by atoms with Crippen molar-refractivity contribution in [3.8, 4) is 5.75 Å². The Morgan fingerprint density at radius 2 is 1.65 bits per heavy atom. The number of carbonyl (C=O) groups excluding carboxylic acids is 3. The van der Waals surface area contributed by atoms with E-state index in [0.29, 0.717) is 11.6 Å². The molecular formula is C30H40N6O7. The van der Waals surface area contributed by atoms with Crippen LogP contribution in [-0.4, -0.2) is 57.8 Å². The first-order valence-electron chi connectivity index (χ1n) is 13.8. The molecule has 3 aromatic rings. The molecule has 13 nitrogen and oxygen atoms in total. The highest BCUT2D eigenvalue weighted by Crippen LogP contribution is 2.32. The molecule has 0 bridgehead atoms. The Hall–Kier alpha value is -4.55. The summed E-state index contributed by atoms with van der Waals surface area (Å²) in [6.45, 7) is 14.0. The average molecular weight is 597 g/mol. The summed E-state index contributed by atoms with van der Waals surface area (Å²) >= 11 is 0. The number of amides is 2. The van der Waals surface area contributed by atoms with E-state index in [0.717, 1.165) is 5.56 Å². The number of aryl methyl sites for hydroxylation is 1. The number of carbonyl (C=O) groups is 3. The van der Waals surface area contributed by atoms with Crippen LogP contribution in [0.3, 0.4) is 0 Å². The number of Topliss-reactive ketones (excluding diaryl/α,β-unsaturated/α-hetero) is 1. The van der Waals surface area contributed by atoms with Gasteiger partial charge in [0.25, 0.3) is 11.4 Å². The molecule has 43 heavy (non-hydrogen) atoms. The van der Waals surface area contributed by atoms with Crippen LogP contribution in [-0.2, 0) is 26.9 Å². The molecule has 232 valence electrons. The molecular weight excluding hydrogens is 556 g/mol. The van der Waals surface area contributed by atoms with Crippen molar-refractivity contribution >= 4 is 23.5 Å². The van der Waals surface area contributed by atoms with Gasteiger partial charge in [-0.1, -0.05) is 46.8 Å². The zero-order valence-electron chi connectivity index (χ0n) is 26.3. The van der Waals surface area contributed by atoms with Crippen LogP contribution >= 0.6 is 0 Å². The van der Waals surface area contributed by atoms with Gasteiger partial charge in [-0.05, 0) is 44.4 Å². The number of nitrogens with zero attached hydrogens (tertiary/aromatic N) is 4. The van der Waals surface area contributed by atoms with Gasteiger partial charge in [0.15, 0.2) is 0 Å². The molecule has 0 saturated heterocycles. The zero-order valence-corrected chi connectivity index (χ0v) is 26.3. The fourth-order valence-electron chi connectivity index (χ4n) is 4.41. The second kappa shape index (κ2) is 12.8. The molecule has 1 aromatic carbocycles. The van der Waals surface area contributed by atoms with Crippen LogP contribution in [0.4, 0.5) is 10.5 Å². The van der Waals surface area contributed by atoms with Crippen molar-refractivity contribution in [3.63, 3.8) is 0 Å². The molecule has 0 spiro atoms. The summed E-state index contributed by atoms with van der Waals surface area (Å²) in [5.41, 5.74) is -0.935. The molecule has 0 aliphatic carbocycles. The Kier molecular flexibility index (Phi) is 9.78. The number of ketones is 1. The Balaban J connectivity index is 1.89. The highest BCUT2D eigenvalue weighted by molar-refractivity contribution is 5.98. The fraction of sp³-hybridized carbons (Fsp3) is 0.500. The average Bonchev–Trinajstić information content (AvgIpc) is 3.45. The third-order valence-corrected chi connectivity index (χ3v) is 6.98. The smallest absolute Gasteiger partial charge is 0.411 e. The van der Waals surface area contributed by atoms with Crippen LogP contribution in [0.2, 0.25) is 0 Å². The lowest BCUT2D eigenvalue weighted by molar-refractivity contribution is -0.122. The Morgan fingerprint density at radius 3 is 2.19 bits per heavy atom. The number of methoxy groups -OCH3 is 2. The molecule has 13 heteroatoms. The molecule has 0 aliphatic rings. The molecule has 0 aliphatic heterocycles. The van der Waals surface area contributed by atoms with Crippen molar-refractivity contribution in [2.24, 2.45) is 5.92 Å². The standard InChI is InChI=1S/C30H40N6O7/c1-16(2)21(23(38)24-34-35-27(43-24)30(7,8)18-11-13-19(41-9)14-12-18)32-20(37)15-36-25(39)22(33-28(40)42-10)17(3)31-26(36)29(4,5)6/h11-14,16,21H,15H2,1-10H3,(H,32,37)(H,33,40)/t21-/m1/s1.